The summed E-state index contributed by atoms with van der Waals surface area (Å²) in [4.78, 5) is 47.6. The van der Waals surface area contributed by atoms with Crippen LogP contribution in [0, 0.1) is 50.4 Å². The van der Waals surface area contributed by atoms with Gasteiger partial charge >= 0.3 is 18.4 Å². The van der Waals surface area contributed by atoms with Crippen molar-refractivity contribution >= 4 is 53.2 Å². The molecule has 4 bridgehead atoms. The fourth-order valence-electron chi connectivity index (χ4n) is 15.7. The standard InChI is InChI=1S/C35H39Cl3N4O10.C32H38N4O8/c1-7-8-47-34(44)52-29-18(3)30-32(51-16-50-30)26-20(29)11-22-27-25-19(9-17(2)28(46-6)31(25)49-15-45-5)10-21(41(27)4)23(12-39)42(22)24(26)13-40-33(43)48-14-35(36,37)38;1-7-8-40-32(37)44-28-17(3)29-31(43-15-42-29)25-19(28)11-21-26-24-18(9-16(2)27(39-6)30(24)41-14-38-5)10-20(35(26)4)22(12-33)36(21)23(25)13-34/h7,9,21-24,27H,1,8,10-11,13-16H2,2-6H3,(H,40,43);7,9,20-23,26H,1,8,10-11,13-15,34H2,2-6H3/t21-,22?,23-,24-,27-;20-,21?,22-,23-,26-/m00/s1. The van der Waals surface area contributed by atoms with Gasteiger partial charge in [-0.05, 0) is 89.7 Å². The first-order chi connectivity index (χ1) is 46.1. The number of aryl methyl sites for hydroxylation is 2. The molecule has 12 rings (SSSR count). The van der Waals surface area contributed by atoms with E-state index >= 15 is 0 Å². The van der Waals surface area contributed by atoms with Gasteiger partial charge in [-0.2, -0.15) is 10.5 Å². The zero-order chi connectivity index (χ0) is 68.8. The molecule has 0 radical (unpaired) electrons. The molecule has 29 heteroatoms. The molecule has 1 amide bonds. The zero-order valence-electron chi connectivity index (χ0n) is 54.9. The quantitative estimate of drug-likeness (QED) is 0.0234. The third kappa shape index (κ3) is 12.3. The lowest BCUT2D eigenvalue weighted by Gasteiger charge is -2.60. The van der Waals surface area contributed by atoms with Crippen molar-refractivity contribution in [2.24, 2.45) is 5.73 Å². The Hall–Kier alpha value is -7.86. The molecule has 2 saturated heterocycles. The Labute approximate surface area is 571 Å². The Morgan fingerprint density at radius 3 is 1.45 bits per heavy atom. The normalized spacial score (nSPS) is 23.8. The molecule has 2 unspecified atom stereocenters. The number of carbonyl (C=O) groups excluding carboxylic acids is 3. The van der Waals surface area contributed by atoms with E-state index < -0.39 is 59.0 Å². The largest absolute Gasteiger partial charge is 0.514 e. The number of ether oxygens (including phenoxy) is 15. The van der Waals surface area contributed by atoms with Crippen molar-refractivity contribution in [2.45, 2.75) is 118 Å². The van der Waals surface area contributed by atoms with Gasteiger partial charge in [0.15, 0.2) is 59.6 Å². The number of nitrogens with zero attached hydrogens (tertiary/aromatic N) is 6. The predicted octanol–water partition coefficient (Wildman–Crippen LogP) is 9.05. The first-order valence-corrected chi connectivity index (χ1v) is 32.2. The molecule has 8 aliphatic rings. The minimum atomic E-state index is -1.83. The minimum Gasteiger partial charge on any atom is -0.493 e. The van der Waals surface area contributed by atoms with Gasteiger partial charge in [0.05, 0.1) is 50.5 Å². The third-order valence-electron chi connectivity index (χ3n) is 19.2. The number of rotatable bonds is 18. The molecule has 3 N–H and O–H groups in total. The highest BCUT2D eigenvalue weighted by Crippen LogP contribution is 2.61. The number of hydrogen-bond donors (Lipinski definition) is 2. The van der Waals surface area contributed by atoms with E-state index in [2.05, 4.69) is 62.3 Å². The molecule has 0 saturated carbocycles. The summed E-state index contributed by atoms with van der Waals surface area (Å²) in [6, 6.07) is 5.39. The van der Waals surface area contributed by atoms with Crippen LogP contribution in [0.1, 0.15) is 90.9 Å². The van der Waals surface area contributed by atoms with Crippen LogP contribution in [0.4, 0.5) is 14.4 Å². The van der Waals surface area contributed by atoms with Crippen LogP contribution in [0.5, 0.6) is 57.5 Å². The molecule has 514 valence electrons. The number of amides is 1. The van der Waals surface area contributed by atoms with Gasteiger partial charge in [0.1, 0.15) is 43.4 Å². The molecule has 26 nitrogen and oxygen atoms in total. The number of alkyl carbamates (subject to hydrolysis) is 1. The molecule has 8 aliphatic heterocycles. The number of hydrogen-bond acceptors (Lipinski definition) is 25. The minimum absolute atomic E-state index is 0.00679. The van der Waals surface area contributed by atoms with E-state index in [9.17, 15) is 24.9 Å². The number of alkyl halides is 3. The lowest BCUT2D eigenvalue weighted by molar-refractivity contribution is -0.0731. The number of nitrogens with one attached hydrogen (secondary N) is 1. The van der Waals surface area contributed by atoms with E-state index in [-0.39, 0.29) is 95.9 Å². The molecule has 0 aliphatic carbocycles. The number of methoxy groups -OCH3 is 4. The number of fused-ring (bicyclic) bond motifs is 18. The van der Waals surface area contributed by atoms with Crippen molar-refractivity contribution in [2.75, 3.05) is 103 Å². The van der Waals surface area contributed by atoms with Gasteiger partial charge in [0, 0.05) is 96.0 Å². The number of benzene rings is 4. The van der Waals surface area contributed by atoms with Gasteiger partial charge in [-0.3, -0.25) is 19.6 Å². The molecule has 10 atom stereocenters. The van der Waals surface area contributed by atoms with Crippen LogP contribution in [0.2, 0.25) is 0 Å². The van der Waals surface area contributed by atoms with Crippen molar-refractivity contribution in [1.29, 1.82) is 10.5 Å². The van der Waals surface area contributed by atoms with Crippen molar-refractivity contribution in [3.05, 3.63) is 104 Å². The lowest BCUT2D eigenvalue weighted by Crippen LogP contribution is -2.68. The maximum Gasteiger partial charge on any atom is 0.514 e. The van der Waals surface area contributed by atoms with Crippen LogP contribution >= 0.6 is 34.8 Å². The van der Waals surface area contributed by atoms with E-state index in [1.807, 2.05) is 34.9 Å². The van der Waals surface area contributed by atoms with E-state index in [1.54, 1.807) is 35.4 Å². The predicted molar refractivity (Wildman–Crippen MR) is 347 cm³/mol. The Morgan fingerprint density at radius 2 is 1.05 bits per heavy atom. The van der Waals surface area contributed by atoms with Gasteiger partial charge < -0.3 is 82.1 Å². The van der Waals surface area contributed by atoms with Crippen molar-refractivity contribution in [3.63, 3.8) is 0 Å². The van der Waals surface area contributed by atoms with E-state index in [0.717, 1.165) is 44.5 Å². The summed E-state index contributed by atoms with van der Waals surface area (Å²) in [5, 5.41) is 24.4. The fourth-order valence-corrected chi connectivity index (χ4v) is 15.9. The van der Waals surface area contributed by atoms with Crippen LogP contribution < -0.4 is 58.4 Å². The Kier molecular flexibility index (Phi) is 20.8. The number of nitriles is 2. The highest BCUT2D eigenvalue weighted by Gasteiger charge is 2.59. The molecular weight excluding hydrogens is 1310 g/mol. The lowest BCUT2D eigenvalue weighted by atomic mass is 9.71. The second kappa shape index (κ2) is 28.7. The monoisotopic (exact) mass is 1390 g/mol. The first kappa shape index (κ1) is 69.5. The van der Waals surface area contributed by atoms with Gasteiger partial charge in [0.2, 0.25) is 17.4 Å². The molecular formula is C67H77Cl3N8O18. The third-order valence-corrected chi connectivity index (χ3v) is 19.5. The second-order valence-electron chi connectivity index (χ2n) is 24.3. The van der Waals surface area contributed by atoms with E-state index in [1.165, 1.54) is 12.2 Å². The van der Waals surface area contributed by atoms with Gasteiger partial charge in [-0.25, -0.2) is 14.4 Å². The van der Waals surface area contributed by atoms with Crippen molar-refractivity contribution < 1.29 is 85.4 Å². The van der Waals surface area contributed by atoms with Gasteiger partial charge in [0.25, 0.3) is 0 Å². The molecule has 4 aromatic rings. The van der Waals surface area contributed by atoms with E-state index in [4.69, 9.17) is 112 Å². The second-order valence-corrected chi connectivity index (χ2v) is 26.8. The number of halogens is 3. The molecule has 2 fully saturated rings. The van der Waals surface area contributed by atoms with Gasteiger partial charge in [-0.1, -0.05) is 72.2 Å². The number of piperazine rings is 2. The zero-order valence-corrected chi connectivity index (χ0v) is 57.2. The Morgan fingerprint density at radius 1 is 0.625 bits per heavy atom. The number of likely N-dealkylation sites (N-methyl/N-ethyl adjacent to an activating group) is 2. The molecule has 4 aromatic carbocycles. The highest BCUT2D eigenvalue weighted by molar-refractivity contribution is 6.67. The van der Waals surface area contributed by atoms with E-state index in [0.29, 0.717) is 93.3 Å². The van der Waals surface area contributed by atoms with Crippen molar-refractivity contribution in [1.82, 2.24) is 24.9 Å². The number of nitrogens with two attached hydrogens (primary N) is 1. The summed E-state index contributed by atoms with van der Waals surface area (Å²) >= 11 is 17.5. The highest BCUT2D eigenvalue weighted by atomic mass is 35.6. The summed E-state index contributed by atoms with van der Waals surface area (Å²) in [5.41, 5.74) is 16.3. The molecule has 96 heavy (non-hydrogen) atoms. The summed E-state index contributed by atoms with van der Waals surface area (Å²) in [6.07, 6.45) is 2.13. The average Bonchev–Trinajstić information content (AvgIpc) is 0.894. The Balaban J connectivity index is 0.000000198. The first-order valence-electron chi connectivity index (χ1n) is 31.1. The summed E-state index contributed by atoms with van der Waals surface area (Å²) < 4.78 is 84.3. The maximum absolute atomic E-state index is 13.0. The topological polar surface area (TPSA) is 288 Å². The van der Waals surface area contributed by atoms with Crippen LogP contribution in [0.25, 0.3) is 0 Å². The summed E-state index contributed by atoms with van der Waals surface area (Å²) in [6.45, 7) is 14.3. The smallest absolute Gasteiger partial charge is 0.493 e. The fraction of sp³-hybridized carbons (Fsp3) is 0.507. The van der Waals surface area contributed by atoms with Crippen LogP contribution in [-0.4, -0.2) is 181 Å². The van der Waals surface area contributed by atoms with Crippen LogP contribution in [-0.2, 0) is 49.4 Å². The van der Waals surface area contributed by atoms with Gasteiger partial charge in [-0.15, -0.1) is 0 Å². The maximum atomic E-state index is 13.0. The van der Waals surface area contributed by atoms with Crippen LogP contribution in [0.15, 0.2) is 37.4 Å². The van der Waals surface area contributed by atoms with Crippen molar-refractivity contribution in [3.8, 4) is 69.6 Å². The summed E-state index contributed by atoms with van der Waals surface area (Å²) in [5.74, 6) is 4.79. The molecule has 0 aromatic heterocycles. The Bertz CT molecular complexity index is 3820. The van der Waals surface area contributed by atoms with Crippen LogP contribution in [0.3, 0.4) is 0 Å². The molecule has 8 heterocycles. The summed E-state index contributed by atoms with van der Waals surface area (Å²) in [7, 11) is 10.4. The SMILES string of the molecule is C=CCOC(=O)Oc1c(C)c2c(c3c1CC1[C@H]4c5c(cc(C)c(OC)c5OCOC)C[C@@H]([C@H](C#N)N1[C@H]3CN)N4C)OCO2.C=CCOC(=O)Oc1c(C)c2c(c3c1CC1[C@H]4c5c(cc(C)c(OC)c5OCOC)C[C@@H]([C@H](C#N)N1[C@H]3CNC(=O)OCC(Cl)(Cl)Cl)N4C)OCO2. The average molecular weight is 1390 g/mol. The molecule has 0 spiro atoms. The number of carbonyl (C=O) groups is 3.